The summed E-state index contributed by atoms with van der Waals surface area (Å²) in [6.45, 7) is -0.407. The zero-order valence-electron chi connectivity index (χ0n) is 20.4. The highest BCUT2D eigenvalue weighted by Crippen LogP contribution is 2.45. The number of amides is 1. The molecular weight excluding hydrogens is 488 g/mol. The number of aryl methyl sites for hydroxylation is 1. The summed E-state index contributed by atoms with van der Waals surface area (Å²) in [5.41, 5.74) is -0.313. The molecule has 0 unspecified atom stereocenters. The summed E-state index contributed by atoms with van der Waals surface area (Å²) in [4.78, 5) is 25.4. The quantitative estimate of drug-likeness (QED) is 0.349. The third kappa shape index (κ3) is 5.91. The zero-order valence-corrected chi connectivity index (χ0v) is 20.4. The summed E-state index contributed by atoms with van der Waals surface area (Å²) < 4.78 is 44.2. The van der Waals surface area contributed by atoms with Crippen molar-refractivity contribution < 1.29 is 42.5 Å². The molecule has 0 atom stereocenters. The van der Waals surface area contributed by atoms with Gasteiger partial charge in [0.2, 0.25) is 5.91 Å². The standard InChI is InChI=1S/C27H29F2NO7/c1-35-21-13-16(4-5-22(32)30-8-9-31)12-20-23(25(37-24(20)21)27(34)6-2-3-7-27)26(33)36-15-17-10-18(28)14-19(29)11-17/h10-14,31,34H,2-9,15H2,1H3,(H,30,32). The molecule has 3 N–H and O–H groups in total. The Morgan fingerprint density at radius 3 is 2.43 bits per heavy atom. The molecule has 0 aliphatic heterocycles. The summed E-state index contributed by atoms with van der Waals surface area (Å²) in [6, 6.07) is 6.23. The first-order valence-corrected chi connectivity index (χ1v) is 12.1. The maximum Gasteiger partial charge on any atom is 0.342 e. The number of methoxy groups -OCH3 is 1. The van der Waals surface area contributed by atoms with Crippen LogP contribution in [0.3, 0.4) is 0 Å². The van der Waals surface area contributed by atoms with Crippen LogP contribution in [0.2, 0.25) is 0 Å². The lowest BCUT2D eigenvalue weighted by atomic mass is 9.94. The SMILES string of the molecule is COc1cc(CCC(=O)NCCO)cc2c(C(=O)OCc3cc(F)cc(F)c3)c(C3(O)CCCC3)oc12. The molecular formula is C27H29F2NO7. The van der Waals surface area contributed by atoms with Gasteiger partial charge >= 0.3 is 5.97 Å². The van der Waals surface area contributed by atoms with Gasteiger partial charge in [-0.1, -0.05) is 0 Å². The normalized spacial score (nSPS) is 14.6. The number of rotatable bonds is 10. The number of esters is 1. The molecule has 1 heterocycles. The van der Waals surface area contributed by atoms with E-state index in [1.165, 1.54) is 7.11 Å². The van der Waals surface area contributed by atoms with E-state index < -0.39 is 23.2 Å². The van der Waals surface area contributed by atoms with Crippen molar-refractivity contribution in [1.29, 1.82) is 0 Å². The minimum atomic E-state index is -1.38. The Hall–Kier alpha value is -3.50. The van der Waals surface area contributed by atoms with Crippen LogP contribution >= 0.6 is 0 Å². The van der Waals surface area contributed by atoms with Crippen LogP contribution in [-0.2, 0) is 28.2 Å². The van der Waals surface area contributed by atoms with Crippen molar-refractivity contribution in [3.05, 3.63) is 64.4 Å². The molecule has 1 amide bonds. The largest absolute Gasteiger partial charge is 0.493 e. The first kappa shape index (κ1) is 26.6. The van der Waals surface area contributed by atoms with Gasteiger partial charge in [-0.25, -0.2) is 13.6 Å². The number of aliphatic hydroxyl groups excluding tert-OH is 1. The van der Waals surface area contributed by atoms with Crippen LogP contribution in [0.15, 0.2) is 34.7 Å². The molecule has 37 heavy (non-hydrogen) atoms. The number of benzene rings is 2. The molecule has 0 radical (unpaired) electrons. The first-order valence-electron chi connectivity index (χ1n) is 12.1. The average molecular weight is 518 g/mol. The van der Waals surface area contributed by atoms with Gasteiger partial charge < -0.3 is 29.4 Å². The second-order valence-corrected chi connectivity index (χ2v) is 9.15. The average Bonchev–Trinajstić information content (AvgIpc) is 3.48. The van der Waals surface area contributed by atoms with E-state index in [-0.39, 0.29) is 54.6 Å². The van der Waals surface area contributed by atoms with Crippen LogP contribution < -0.4 is 10.1 Å². The number of nitrogens with one attached hydrogen (secondary N) is 1. The van der Waals surface area contributed by atoms with E-state index >= 15 is 0 Å². The van der Waals surface area contributed by atoms with Gasteiger partial charge in [0, 0.05) is 24.4 Å². The minimum absolute atomic E-state index is 0.0150. The van der Waals surface area contributed by atoms with Crippen molar-refractivity contribution in [2.45, 2.75) is 50.7 Å². The van der Waals surface area contributed by atoms with Gasteiger partial charge in [0.05, 0.1) is 13.7 Å². The van der Waals surface area contributed by atoms with E-state index in [1.807, 2.05) is 0 Å². The summed E-state index contributed by atoms with van der Waals surface area (Å²) in [7, 11) is 1.44. The number of hydrogen-bond acceptors (Lipinski definition) is 7. The number of hydrogen-bond donors (Lipinski definition) is 3. The van der Waals surface area contributed by atoms with E-state index in [4.69, 9.17) is 19.0 Å². The van der Waals surface area contributed by atoms with Crippen molar-refractivity contribution in [3.63, 3.8) is 0 Å². The third-order valence-corrected chi connectivity index (χ3v) is 6.46. The van der Waals surface area contributed by atoms with Crippen molar-refractivity contribution in [3.8, 4) is 5.75 Å². The summed E-state index contributed by atoms with van der Waals surface area (Å²) in [5, 5.41) is 23.1. The van der Waals surface area contributed by atoms with E-state index in [0.717, 1.165) is 31.0 Å². The van der Waals surface area contributed by atoms with Gasteiger partial charge in [-0.3, -0.25) is 4.79 Å². The van der Waals surface area contributed by atoms with Crippen LogP contribution in [0.5, 0.6) is 5.75 Å². The lowest BCUT2D eigenvalue weighted by Gasteiger charge is -2.20. The number of carbonyl (C=O) groups excluding carboxylic acids is 2. The van der Waals surface area contributed by atoms with Gasteiger partial charge in [0.25, 0.3) is 0 Å². The molecule has 4 rings (SSSR count). The van der Waals surface area contributed by atoms with E-state index in [1.54, 1.807) is 12.1 Å². The molecule has 0 spiro atoms. The highest BCUT2D eigenvalue weighted by Gasteiger charge is 2.42. The van der Waals surface area contributed by atoms with Crippen molar-refractivity contribution in [2.75, 3.05) is 20.3 Å². The zero-order chi connectivity index (χ0) is 26.6. The molecule has 8 nitrogen and oxygen atoms in total. The number of fused-ring (bicyclic) bond motifs is 1. The third-order valence-electron chi connectivity index (χ3n) is 6.46. The van der Waals surface area contributed by atoms with E-state index in [9.17, 15) is 23.5 Å². The predicted molar refractivity (Wildman–Crippen MR) is 129 cm³/mol. The van der Waals surface area contributed by atoms with Crippen molar-refractivity contribution in [1.82, 2.24) is 5.32 Å². The second-order valence-electron chi connectivity index (χ2n) is 9.15. The molecule has 1 aliphatic carbocycles. The Labute approximate surface area is 212 Å². The molecule has 1 saturated carbocycles. The molecule has 2 aromatic carbocycles. The van der Waals surface area contributed by atoms with E-state index in [0.29, 0.717) is 36.0 Å². The summed E-state index contributed by atoms with van der Waals surface area (Å²) in [6.07, 6.45) is 2.72. The van der Waals surface area contributed by atoms with Crippen molar-refractivity contribution in [2.24, 2.45) is 0 Å². The van der Waals surface area contributed by atoms with Crippen LogP contribution in [0.25, 0.3) is 11.0 Å². The molecule has 1 aromatic heterocycles. The van der Waals surface area contributed by atoms with Gasteiger partial charge in [-0.2, -0.15) is 0 Å². The van der Waals surface area contributed by atoms with Crippen LogP contribution in [0.1, 0.15) is 59.3 Å². The number of ether oxygens (including phenoxy) is 2. The maximum absolute atomic E-state index is 13.6. The second kappa shape index (κ2) is 11.3. The topological polar surface area (TPSA) is 118 Å². The van der Waals surface area contributed by atoms with Gasteiger partial charge in [-0.15, -0.1) is 0 Å². The Balaban J connectivity index is 1.71. The molecule has 1 aliphatic rings. The van der Waals surface area contributed by atoms with Gasteiger partial charge in [0.15, 0.2) is 17.1 Å². The molecule has 10 heteroatoms. The Morgan fingerprint density at radius 1 is 1.08 bits per heavy atom. The summed E-state index contributed by atoms with van der Waals surface area (Å²) in [5.74, 6) is -2.28. The number of aliphatic hydroxyl groups is 2. The first-order chi connectivity index (χ1) is 17.7. The Morgan fingerprint density at radius 2 is 1.78 bits per heavy atom. The molecule has 198 valence electrons. The van der Waals surface area contributed by atoms with Crippen molar-refractivity contribution >= 4 is 22.8 Å². The molecule has 1 fully saturated rings. The minimum Gasteiger partial charge on any atom is -0.493 e. The summed E-state index contributed by atoms with van der Waals surface area (Å²) >= 11 is 0. The number of furan rings is 1. The highest BCUT2D eigenvalue weighted by atomic mass is 19.1. The molecule has 0 saturated heterocycles. The van der Waals surface area contributed by atoms with Crippen LogP contribution in [0, 0.1) is 11.6 Å². The Kier molecular flexibility index (Phi) is 8.09. The Bertz CT molecular complexity index is 1280. The van der Waals surface area contributed by atoms with Gasteiger partial charge in [0.1, 0.15) is 29.4 Å². The fourth-order valence-corrected chi connectivity index (χ4v) is 4.70. The maximum atomic E-state index is 13.6. The molecule has 3 aromatic rings. The fourth-order valence-electron chi connectivity index (χ4n) is 4.70. The van der Waals surface area contributed by atoms with Crippen LogP contribution in [0.4, 0.5) is 8.78 Å². The van der Waals surface area contributed by atoms with E-state index in [2.05, 4.69) is 5.32 Å². The van der Waals surface area contributed by atoms with Gasteiger partial charge in [-0.05, 0) is 67.5 Å². The number of halogens is 2. The highest BCUT2D eigenvalue weighted by molar-refractivity contribution is 6.06. The predicted octanol–water partition coefficient (Wildman–Crippen LogP) is 3.88. The smallest absolute Gasteiger partial charge is 0.342 e. The fraction of sp³-hybridized carbons (Fsp3) is 0.407. The van der Waals surface area contributed by atoms with Crippen LogP contribution in [-0.4, -0.2) is 42.4 Å². The monoisotopic (exact) mass is 517 g/mol. The lowest BCUT2D eigenvalue weighted by molar-refractivity contribution is -0.121. The molecule has 0 bridgehead atoms. The lowest BCUT2D eigenvalue weighted by Crippen LogP contribution is -2.26. The number of carbonyl (C=O) groups is 2.